The molecule has 0 aliphatic carbocycles. The maximum absolute atomic E-state index is 11.9. The second kappa shape index (κ2) is 3.84. The third-order valence-electron chi connectivity index (χ3n) is 3.20. The summed E-state index contributed by atoms with van der Waals surface area (Å²) in [7, 11) is 0. The molecule has 2 aromatic rings. The number of pyridine rings is 1. The van der Waals surface area contributed by atoms with E-state index in [0.717, 1.165) is 24.9 Å². The highest BCUT2D eigenvalue weighted by atomic mass is 16.2. The van der Waals surface area contributed by atoms with Crippen molar-refractivity contribution in [1.82, 2.24) is 14.6 Å². The largest absolute Gasteiger partial charge is 0.368 e. The molecule has 88 valence electrons. The molecular formula is C12H14N4O. The standard InChI is InChI=1S/C12H14N4O/c1-9-4-6-15(8-9)16-11-10(3-2-5-13-11)7-14-12(16)17/h2-3,5,7,9H,4,6,8H2,1H3. The van der Waals surface area contributed by atoms with E-state index >= 15 is 0 Å². The number of hydrogen-bond acceptors (Lipinski definition) is 4. The number of rotatable bonds is 1. The van der Waals surface area contributed by atoms with Gasteiger partial charge in [-0.05, 0) is 24.5 Å². The van der Waals surface area contributed by atoms with Crippen LogP contribution in [0.4, 0.5) is 0 Å². The Labute approximate surface area is 98.7 Å². The predicted octanol–water partition coefficient (Wildman–Crippen LogP) is 0.769. The zero-order valence-corrected chi connectivity index (χ0v) is 9.71. The van der Waals surface area contributed by atoms with Gasteiger partial charge in [-0.3, -0.25) is 0 Å². The first-order chi connectivity index (χ1) is 8.25. The molecule has 0 aromatic carbocycles. The summed E-state index contributed by atoms with van der Waals surface area (Å²) in [6, 6.07) is 3.77. The summed E-state index contributed by atoms with van der Waals surface area (Å²) >= 11 is 0. The van der Waals surface area contributed by atoms with E-state index in [2.05, 4.69) is 16.9 Å². The van der Waals surface area contributed by atoms with Crippen molar-refractivity contribution in [3.05, 3.63) is 35.0 Å². The molecule has 17 heavy (non-hydrogen) atoms. The first kappa shape index (κ1) is 10.3. The van der Waals surface area contributed by atoms with E-state index in [0.29, 0.717) is 11.6 Å². The maximum atomic E-state index is 11.9. The van der Waals surface area contributed by atoms with Crippen LogP contribution in [-0.4, -0.2) is 27.7 Å². The third kappa shape index (κ3) is 1.67. The lowest BCUT2D eigenvalue weighted by Gasteiger charge is -2.21. The van der Waals surface area contributed by atoms with Crippen LogP contribution in [-0.2, 0) is 0 Å². The van der Waals surface area contributed by atoms with Crippen LogP contribution in [0.5, 0.6) is 0 Å². The lowest BCUT2D eigenvalue weighted by molar-refractivity contribution is 0.604. The minimum Gasteiger partial charge on any atom is -0.307 e. The molecular weight excluding hydrogens is 216 g/mol. The second-order valence-electron chi connectivity index (χ2n) is 4.58. The zero-order chi connectivity index (χ0) is 11.8. The average Bonchev–Trinajstić information content (AvgIpc) is 2.75. The lowest BCUT2D eigenvalue weighted by Crippen LogP contribution is -2.42. The molecule has 5 nitrogen and oxygen atoms in total. The van der Waals surface area contributed by atoms with Gasteiger partial charge in [0.2, 0.25) is 0 Å². The molecule has 1 atom stereocenters. The maximum Gasteiger partial charge on any atom is 0.368 e. The van der Waals surface area contributed by atoms with E-state index in [1.165, 1.54) is 0 Å². The molecule has 0 amide bonds. The predicted molar refractivity (Wildman–Crippen MR) is 65.5 cm³/mol. The van der Waals surface area contributed by atoms with Crippen LogP contribution in [0.25, 0.3) is 11.0 Å². The van der Waals surface area contributed by atoms with Crippen molar-refractivity contribution in [3.8, 4) is 0 Å². The molecule has 1 unspecified atom stereocenters. The fourth-order valence-corrected chi connectivity index (χ4v) is 2.31. The van der Waals surface area contributed by atoms with Crippen molar-refractivity contribution >= 4 is 11.0 Å². The summed E-state index contributed by atoms with van der Waals surface area (Å²) in [5.74, 6) is 0.612. The number of hydrogen-bond donors (Lipinski definition) is 0. The lowest BCUT2D eigenvalue weighted by atomic mass is 10.2. The van der Waals surface area contributed by atoms with Gasteiger partial charge in [-0.1, -0.05) is 6.92 Å². The minimum atomic E-state index is -0.245. The minimum absolute atomic E-state index is 0.245. The molecule has 3 heterocycles. The van der Waals surface area contributed by atoms with Crippen LogP contribution < -0.4 is 10.7 Å². The van der Waals surface area contributed by atoms with E-state index in [4.69, 9.17) is 0 Å². The van der Waals surface area contributed by atoms with Gasteiger partial charge >= 0.3 is 5.69 Å². The molecule has 0 radical (unpaired) electrons. The number of nitrogens with zero attached hydrogens (tertiary/aromatic N) is 4. The Bertz CT molecular complexity index is 607. The highest BCUT2D eigenvalue weighted by molar-refractivity contribution is 5.73. The summed E-state index contributed by atoms with van der Waals surface area (Å²) in [4.78, 5) is 20.1. The molecule has 1 aliphatic heterocycles. The molecule has 3 rings (SSSR count). The quantitative estimate of drug-likeness (QED) is 0.726. The first-order valence-corrected chi connectivity index (χ1v) is 5.84. The van der Waals surface area contributed by atoms with Crippen LogP contribution in [0, 0.1) is 5.92 Å². The van der Waals surface area contributed by atoms with Gasteiger partial charge in [0.05, 0.1) is 0 Å². The summed E-state index contributed by atoms with van der Waals surface area (Å²) < 4.78 is 1.61. The van der Waals surface area contributed by atoms with Crippen molar-refractivity contribution < 1.29 is 0 Å². The summed E-state index contributed by atoms with van der Waals surface area (Å²) in [6.07, 6.45) is 4.40. The van der Waals surface area contributed by atoms with Crippen molar-refractivity contribution in [1.29, 1.82) is 0 Å². The fourth-order valence-electron chi connectivity index (χ4n) is 2.31. The van der Waals surface area contributed by atoms with Crippen LogP contribution >= 0.6 is 0 Å². The van der Waals surface area contributed by atoms with E-state index in [9.17, 15) is 4.79 Å². The Morgan fingerprint density at radius 1 is 1.41 bits per heavy atom. The Morgan fingerprint density at radius 2 is 2.29 bits per heavy atom. The summed E-state index contributed by atoms with van der Waals surface area (Å²) in [6.45, 7) is 3.97. The van der Waals surface area contributed by atoms with Gasteiger partial charge in [0.15, 0.2) is 5.65 Å². The monoisotopic (exact) mass is 230 g/mol. The fraction of sp³-hybridized carbons (Fsp3) is 0.417. The van der Waals surface area contributed by atoms with Crippen molar-refractivity contribution in [2.24, 2.45) is 5.92 Å². The Hall–Kier alpha value is -1.91. The molecule has 2 aromatic heterocycles. The SMILES string of the molecule is CC1CCN(n2c(=O)ncc3cccnc32)C1. The van der Waals surface area contributed by atoms with Gasteiger partial charge < -0.3 is 5.01 Å². The van der Waals surface area contributed by atoms with Crippen LogP contribution in [0.3, 0.4) is 0 Å². The molecule has 0 bridgehead atoms. The van der Waals surface area contributed by atoms with Gasteiger partial charge in [0, 0.05) is 30.9 Å². The highest BCUT2D eigenvalue weighted by Crippen LogP contribution is 2.15. The van der Waals surface area contributed by atoms with Crippen molar-refractivity contribution in [3.63, 3.8) is 0 Å². The van der Waals surface area contributed by atoms with Gasteiger partial charge in [-0.15, -0.1) is 0 Å². The van der Waals surface area contributed by atoms with E-state index in [1.54, 1.807) is 17.1 Å². The van der Waals surface area contributed by atoms with Crippen LogP contribution in [0.15, 0.2) is 29.3 Å². The van der Waals surface area contributed by atoms with Gasteiger partial charge in [0.1, 0.15) is 0 Å². The van der Waals surface area contributed by atoms with E-state index < -0.39 is 0 Å². The second-order valence-corrected chi connectivity index (χ2v) is 4.58. The van der Waals surface area contributed by atoms with Gasteiger partial charge in [-0.25, -0.2) is 9.78 Å². The Kier molecular flexibility index (Phi) is 2.31. The molecule has 0 saturated carbocycles. The normalized spacial score (nSPS) is 20.1. The van der Waals surface area contributed by atoms with Gasteiger partial charge in [-0.2, -0.15) is 9.66 Å². The van der Waals surface area contributed by atoms with Crippen LogP contribution in [0.1, 0.15) is 13.3 Å². The highest BCUT2D eigenvalue weighted by Gasteiger charge is 2.21. The third-order valence-corrected chi connectivity index (χ3v) is 3.20. The molecule has 1 fully saturated rings. The van der Waals surface area contributed by atoms with Crippen LogP contribution in [0.2, 0.25) is 0 Å². The number of fused-ring (bicyclic) bond motifs is 1. The first-order valence-electron chi connectivity index (χ1n) is 5.84. The smallest absolute Gasteiger partial charge is 0.307 e. The van der Waals surface area contributed by atoms with E-state index in [-0.39, 0.29) is 5.69 Å². The Balaban J connectivity index is 2.20. The molecule has 0 N–H and O–H groups in total. The number of aromatic nitrogens is 3. The Morgan fingerprint density at radius 3 is 3.06 bits per heavy atom. The molecule has 1 saturated heterocycles. The zero-order valence-electron chi connectivity index (χ0n) is 9.71. The van der Waals surface area contributed by atoms with Gasteiger partial charge in [0.25, 0.3) is 0 Å². The topological polar surface area (TPSA) is 51.0 Å². The summed E-state index contributed by atoms with van der Waals surface area (Å²) in [5.41, 5.74) is 0.451. The molecule has 0 spiro atoms. The van der Waals surface area contributed by atoms with Crippen molar-refractivity contribution in [2.45, 2.75) is 13.3 Å². The van der Waals surface area contributed by atoms with E-state index in [1.807, 2.05) is 17.1 Å². The molecule has 1 aliphatic rings. The van der Waals surface area contributed by atoms with Crippen molar-refractivity contribution in [2.75, 3.05) is 18.1 Å². The average molecular weight is 230 g/mol. The summed E-state index contributed by atoms with van der Waals surface area (Å²) in [5, 5.41) is 2.93. The molecule has 5 heteroatoms.